The van der Waals surface area contributed by atoms with Crippen LogP contribution in [0, 0.1) is 6.92 Å². The molecular weight excluding hydrogens is 477 g/mol. The smallest absolute Gasteiger partial charge is 0.260 e. The molecule has 0 saturated heterocycles. The highest BCUT2D eigenvalue weighted by Crippen LogP contribution is 2.36. The maximum absolute atomic E-state index is 13.4. The number of rotatable bonds is 7. The van der Waals surface area contributed by atoms with E-state index in [1.807, 2.05) is 38.1 Å². The number of aromatic nitrogens is 1. The monoisotopic (exact) mass is 501 g/mol. The molecule has 0 saturated carbocycles. The van der Waals surface area contributed by atoms with Crippen molar-refractivity contribution < 1.29 is 13.2 Å². The highest BCUT2D eigenvalue weighted by molar-refractivity contribution is 7.90. The first-order valence-electron chi connectivity index (χ1n) is 9.40. The van der Waals surface area contributed by atoms with E-state index < -0.39 is 9.84 Å². The molecule has 0 fully saturated rings. The first kappa shape index (κ1) is 25.5. The zero-order chi connectivity index (χ0) is 22.1. The Kier molecular flexibility index (Phi) is 8.47. The van der Waals surface area contributed by atoms with Gasteiger partial charge < -0.3 is 4.90 Å². The summed E-state index contributed by atoms with van der Waals surface area (Å²) in [6, 6.07) is 9.85. The molecule has 2 aromatic carbocycles. The van der Waals surface area contributed by atoms with Gasteiger partial charge in [0.2, 0.25) is 0 Å². The first-order chi connectivity index (χ1) is 14.1. The van der Waals surface area contributed by atoms with E-state index in [0.717, 1.165) is 35.0 Å². The molecule has 0 aliphatic carbocycles. The Balaban J connectivity index is 0.00000341. The van der Waals surface area contributed by atoms with Crippen molar-refractivity contribution in [1.82, 2.24) is 9.88 Å². The number of thiazole rings is 1. The molecule has 0 aliphatic heterocycles. The molecule has 0 atom stereocenters. The molecule has 6 nitrogen and oxygen atoms in total. The number of hydrogen-bond acceptors (Lipinski definition) is 6. The summed E-state index contributed by atoms with van der Waals surface area (Å²) in [6.07, 6.45) is 1.87. The Morgan fingerprint density at radius 2 is 1.87 bits per heavy atom. The Labute approximate surface area is 198 Å². The molecule has 0 radical (unpaired) electrons. The van der Waals surface area contributed by atoms with Crippen LogP contribution in [0.25, 0.3) is 10.2 Å². The molecule has 1 amide bonds. The highest BCUT2D eigenvalue weighted by Gasteiger charge is 2.23. The minimum Gasteiger partial charge on any atom is -0.309 e. The van der Waals surface area contributed by atoms with Gasteiger partial charge >= 0.3 is 0 Å². The second-order valence-corrected chi connectivity index (χ2v) is 10.9. The second kappa shape index (κ2) is 10.3. The number of benzene rings is 2. The van der Waals surface area contributed by atoms with E-state index in [2.05, 4.69) is 0 Å². The van der Waals surface area contributed by atoms with Crippen LogP contribution in [0.4, 0.5) is 5.13 Å². The van der Waals surface area contributed by atoms with E-state index in [0.29, 0.717) is 22.3 Å². The van der Waals surface area contributed by atoms with Crippen LogP contribution in [0.15, 0.2) is 41.3 Å². The topological polar surface area (TPSA) is 70.6 Å². The van der Waals surface area contributed by atoms with Crippen molar-refractivity contribution >= 4 is 66.4 Å². The summed E-state index contributed by atoms with van der Waals surface area (Å²) in [6.45, 7) is 3.21. The third-order valence-electron chi connectivity index (χ3n) is 4.66. The fraction of sp³-hybridized carbons (Fsp3) is 0.333. The lowest BCUT2D eigenvalue weighted by Gasteiger charge is -2.21. The van der Waals surface area contributed by atoms with Crippen molar-refractivity contribution in [2.45, 2.75) is 18.2 Å². The third-order valence-corrected chi connectivity index (χ3v) is 7.31. The third kappa shape index (κ3) is 5.96. The van der Waals surface area contributed by atoms with Crippen LogP contribution in [0.5, 0.6) is 0 Å². The Hall–Kier alpha value is -1.71. The van der Waals surface area contributed by atoms with Crippen LogP contribution in [0.3, 0.4) is 0 Å². The lowest BCUT2D eigenvalue weighted by atomic mass is 10.2. The molecule has 168 valence electrons. The number of nitrogens with zero attached hydrogens (tertiary/aromatic N) is 3. The van der Waals surface area contributed by atoms with Crippen LogP contribution >= 0.6 is 35.3 Å². The minimum atomic E-state index is -3.42. The maximum Gasteiger partial charge on any atom is 0.260 e. The van der Waals surface area contributed by atoms with E-state index >= 15 is 0 Å². The summed E-state index contributed by atoms with van der Waals surface area (Å²) in [5, 5.41) is 1.15. The number of halogens is 2. The normalized spacial score (nSPS) is 11.5. The predicted molar refractivity (Wildman–Crippen MR) is 131 cm³/mol. The van der Waals surface area contributed by atoms with Gasteiger partial charge in [0.25, 0.3) is 5.91 Å². The molecule has 10 heteroatoms. The summed E-state index contributed by atoms with van der Waals surface area (Å²) in [4.78, 5) is 21.9. The largest absolute Gasteiger partial charge is 0.309 e. The van der Waals surface area contributed by atoms with Crippen molar-refractivity contribution in [3.8, 4) is 0 Å². The van der Waals surface area contributed by atoms with E-state index in [-0.39, 0.29) is 23.2 Å². The van der Waals surface area contributed by atoms with Crippen LogP contribution in [0.1, 0.15) is 22.3 Å². The Bertz CT molecular complexity index is 1150. The molecule has 0 bridgehead atoms. The van der Waals surface area contributed by atoms with Gasteiger partial charge in [-0.25, -0.2) is 13.4 Å². The molecule has 0 aliphatic rings. The van der Waals surface area contributed by atoms with Crippen LogP contribution < -0.4 is 4.90 Å². The summed E-state index contributed by atoms with van der Waals surface area (Å²) in [5.74, 6) is -0.285. The van der Waals surface area contributed by atoms with Crippen molar-refractivity contribution in [3.05, 3.63) is 52.5 Å². The van der Waals surface area contributed by atoms with E-state index in [1.165, 1.54) is 23.5 Å². The van der Waals surface area contributed by atoms with Crippen LogP contribution in [-0.2, 0) is 9.84 Å². The standard InChI is InChI=1S/C21H24ClN3O3S2.ClH/c1-14-9-10-17(22)19-18(14)23-21(29-19)25(12-6-11-24(2)3)20(26)15-7-5-8-16(13-15)30(4,27)28;/h5,7-10,13H,6,11-12H2,1-4H3;1H. The zero-order valence-electron chi connectivity index (χ0n) is 17.8. The zero-order valence-corrected chi connectivity index (χ0v) is 21.0. The summed E-state index contributed by atoms with van der Waals surface area (Å²) in [5.41, 5.74) is 2.07. The molecule has 1 aromatic heterocycles. The average molecular weight is 502 g/mol. The number of fused-ring (bicyclic) bond motifs is 1. The Morgan fingerprint density at radius 1 is 1.16 bits per heavy atom. The van der Waals surface area contributed by atoms with Gasteiger partial charge in [-0.05, 0) is 63.8 Å². The minimum absolute atomic E-state index is 0. The average Bonchev–Trinajstić information content (AvgIpc) is 3.13. The fourth-order valence-corrected chi connectivity index (χ4v) is 5.06. The molecule has 3 aromatic rings. The number of anilines is 1. The molecule has 0 unspecified atom stereocenters. The van der Waals surface area contributed by atoms with E-state index in [1.54, 1.807) is 17.0 Å². The highest BCUT2D eigenvalue weighted by atomic mass is 35.5. The lowest BCUT2D eigenvalue weighted by Crippen LogP contribution is -2.33. The Morgan fingerprint density at radius 3 is 2.48 bits per heavy atom. The molecule has 0 spiro atoms. The van der Waals surface area contributed by atoms with Gasteiger partial charge in [-0.15, -0.1) is 12.4 Å². The van der Waals surface area contributed by atoms with Gasteiger partial charge in [0.15, 0.2) is 15.0 Å². The number of hydrogen-bond donors (Lipinski definition) is 0. The van der Waals surface area contributed by atoms with E-state index in [4.69, 9.17) is 16.6 Å². The number of sulfone groups is 1. The fourth-order valence-electron chi connectivity index (χ4n) is 3.05. The first-order valence-corrected chi connectivity index (χ1v) is 12.5. The van der Waals surface area contributed by atoms with Crippen molar-refractivity contribution in [2.24, 2.45) is 0 Å². The van der Waals surface area contributed by atoms with Gasteiger partial charge in [0, 0.05) is 18.4 Å². The summed E-state index contributed by atoms with van der Waals surface area (Å²) >= 11 is 7.72. The number of carbonyl (C=O) groups excluding carboxylic acids is 1. The quantitative estimate of drug-likeness (QED) is 0.469. The SMILES string of the molecule is Cc1ccc(Cl)c2sc(N(CCCN(C)C)C(=O)c3cccc(S(C)(=O)=O)c3)nc12.Cl. The lowest BCUT2D eigenvalue weighted by molar-refractivity contribution is 0.0986. The van der Waals surface area contributed by atoms with Gasteiger partial charge in [-0.3, -0.25) is 9.69 Å². The number of carbonyl (C=O) groups is 1. The number of amides is 1. The van der Waals surface area contributed by atoms with Gasteiger partial charge in [0.05, 0.1) is 20.1 Å². The van der Waals surface area contributed by atoms with E-state index in [9.17, 15) is 13.2 Å². The molecule has 1 heterocycles. The summed E-state index contributed by atoms with van der Waals surface area (Å²) < 4.78 is 24.7. The molecule has 0 N–H and O–H groups in total. The summed E-state index contributed by atoms with van der Waals surface area (Å²) in [7, 11) is 0.533. The van der Waals surface area contributed by atoms with Crippen molar-refractivity contribution in [3.63, 3.8) is 0 Å². The van der Waals surface area contributed by atoms with Gasteiger partial charge in [-0.2, -0.15) is 0 Å². The van der Waals surface area contributed by atoms with Crippen LogP contribution in [-0.4, -0.2) is 57.6 Å². The van der Waals surface area contributed by atoms with Gasteiger partial charge in [-0.1, -0.05) is 35.1 Å². The maximum atomic E-state index is 13.4. The molecule has 31 heavy (non-hydrogen) atoms. The molecular formula is C21H25Cl2N3O3S2. The second-order valence-electron chi connectivity index (χ2n) is 7.45. The van der Waals surface area contributed by atoms with Crippen molar-refractivity contribution in [1.29, 1.82) is 0 Å². The number of aryl methyl sites for hydroxylation is 1. The van der Waals surface area contributed by atoms with Gasteiger partial charge in [0.1, 0.15) is 0 Å². The molecule has 3 rings (SSSR count). The predicted octanol–water partition coefficient (Wildman–Crippen LogP) is 4.68. The van der Waals surface area contributed by atoms with Crippen molar-refractivity contribution in [2.75, 3.05) is 38.3 Å². The van der Waals surface area contributed by atoms with Crippen LogP contribution in [0.2, 0.25) is 5.02 Å².